The number of amides is 1. The number of aromatic nitrogens is 2. The Morgan fingerprint density at radius 3 is 2.86 bits per heavy atom. The first-order valence-electron chi connectivity index (χ1n) is 8.12. The second-order valence-corrected chi connectivity index (χ2v) is 6.60. The molecule has 0 aromatic carbocycles. The van der Waals surface area contributed by atoms with Crippen LogP contribution in [-0.4, -0.2) is 51.7 Å². The van der Waals surface area contributed by atoms with E-state index in [1.165, 1.54) is 5.69 Å². The Hall–Kier alpha value is -1.69. The fraction of sp³-hybridized carbons (Fsp3) is 0.688. The minimum absolute atomic E-state index is 0.0529. The molecule has 2 fully saturated rings. The Labute approximate surface area is 129 Å². The smallest absolute Gasteiger partial charge is 0.275 e. The van der Waals surface area contributed by atoms with Crippen LogP contribution in [0, 0.1) is 0 Å². The number of ketones is 1. The van der Waals surface area contributed by atoms with E-state index < -0.39 is 5.60 Å². The second-order valence-electron chi connectivity index (χ2n) is 6.60. The Kier molecular flexibility index (Phi) is 3.11. The molecule has 0 radical (unpaired) electrons. The lowest BCUT2D eigenvalue weighted by atomic mass is 9.87. The summed E-state index contributed by atoms with van der Waals surface area (Å²) in [7, 11) is 1.89. The summed E-state index contributed by atoms with van der Waals surface area (Å²) in [5, 5.41) is 4.40. The van der Waals surface area contributed by atoms with Crippen LogP contribution in [0.15, 0.2) is 0 Å². The molecule has 4 rings (SSSR count). The topological polar surface area (TPSA) is 64.4 Å². The Morgan fingerprint density at radius 1 is 1.27 bits per heavy atom. The molecule has 6 heteroatoms. The number of ether oxygens (including phenoxy) is 1. The zero-order valence-electron chi connectivity index (χ0n) is 12.9. The van der Waals surface area contributed by atoms with E-state index in [0.717, 1.165) is 37.7 Å². The van der Waals surface area contributed by atoms with E-state index in [9.17, 15) is 9.59 Å². The molecule has 3 aliphatic rings. The third kappa shape index (κ3) is 1.93. The molecule has 1 spiro atoms. The molecule has 22 heavy (non-hydrogen) atoms. The average molecular weight is 303 g/mol. The van der Waals surface area contributed by atoms with Gasteiger partial charge >= 0.3 is 0 Å². The molecule has 0 N–H and O–H groups in total. The van der Waals surface area contributed by atoms with E-state index in [-0.39, 0.29) is 18.2 Å². The van der Waals surface area contributed by atoms with Crippen molar-refractivity contribution >= 4 is 11.7 Å². The summed E-state index contributed by atoms with van der Waals surface area (Å²) in [5.41, 5.74) is 2.19. The first-order valence-corrected chi connectivity index (χ1v) is 8.12. The maximum atomic E-state index is 12.8. The number of hydrogen-bond acceptors (Lipinski definition) is 4. The highest BCUT2D eigenvalue weighted by atomic mass is 16.5. The van der Waals surface area contributed by atoms with Crippen molar-refractivity contribution in [2.75, 3.05) is 19.7 Å². The summed E-state index contributed by atoms with van der Waals surface area (Å²) in [6.45, 7) is 1.40. The number of aryl methyl sites for hydroxylation is 1. The third-order valence-electron chi connectivity index (χ3n) is 5.34. The number of carbonyl (C=O) groups excluding carboxylic acids is 2. The van der Waals surface area contributed by atoms with Crippen molar-refractivity contribution in [3.8, 4) is 0 Å². The highest BCUT2D eigenvalue weighted by molar-refractivity contribution is 5.99. The van der Waals surface area contributed by atoms with Crippen molar-refractivity contribution < 1.29 is 14.3 Å². The van der Waals surface area contributed by atoms with Gasteiger partial charge in [-0.25, -0.2) is 0 Å². The van der Waals surface area contributed by atoms with Crippen LogP contribution >= 0.6 is 0 Å². The number of hydrogen-bond donors (Lipinski definition) is 0. The van der Waals surface area contributed by atoms with Crippen molar-refractivity contribution in [1.29, 1.82) is 0 Å². The SMILES string of the molecule is Cn1nc(C(=O)N2CC[C@]3(CCCO3)C(=O)C2)c2c1CCC2. The first kappa shape index (κ1) is 13.9. The Bertz CT molecular complexity index is 643. The molecule has 2 saturated heterocycles. The quantitative estimate of drug-likeness (QED) is 0.772. The van der Waals surface area contributed by atoms with Gasteiger partial charge in [0, 0.05) is 37.9 Å². The fourth-order valence-corrected chi connectivity index (χ4v) is 4.07. The summed E-state index contributed by atoms with van der Waals surface area (Å²) in [5.74, 6) is -0.0443. The lowest BCUT2D eigenvalue weighted by molar-refractivity contribution is -0.144. The second kappa shape index (κ2) is 4.91. The van der Waals surface area contributed by atoms with Crippen LogP contribution in [0.1, 0.15) is 47.4 Å². The van der Waals surface area contributed by atoms with Gasteiger partial charge in [0.1, 0.15) is 5.60 Å². The maximum absolute atomic E-state index is 12.8. The van der Waals surface area contributed by atoms with Gasteiger partial charge in [-0.2, -0.15) is 5.10 Å². The number of piperidine rings is 1. The lowest BCUT2D eigenvalue weighted by Crippen LogP contribution is -2.54. The maximum Gasteiger partial charge on any atom is 0.275 e. The van der Waals surface area contributed by atoms with E-state index in [1.807, 2.05) is 11.7 Å². The Balaban J connectivity index is 1.55. The number of carbonyl (C=O) groups is 2. The van der Waals surface area contributed by atoms with Crippen LogP contribution in [0.3, 0.4) is 0 Å². The number of nitrogens with zero attached hydrogens (tertiary/aromatic N) is 3. The molecular weight excluding hydrogens is 282 g/mol. The molecule has 1 aromatic heterocycles. The molecule has 118 valence electrons. The van der Waals surface area contributed by atoms with E-state index in [0.29, 0.717) is 25.3 Å². The molecule has 1 aliphatic carbocycles. The van der Waals surface area contributed by atoms with Crippen LogP contribution in [-0.2, 0) is 29.4 Å². The zero-order valence-corrected chi connectivity index (χ0v) is 12.9. The molecule has 0 unspecified atom stereocenters. The van der Waals surface area contributed by atoms with Gasteiger partial charge in [-0.15, -0.1) is 0 Å². The van der Waals surface area contributed by atoms with Crippen molar-refractivity contribution in [2.45, 2.75) is 44.1 Å². The molecule has 3 heterocycles. The number of rotatable bonds is 1. The summed E-state index contributed by atoms with van der Waals surface area (Å²) in [6.07, 6.45) is 5.34. The van der Waals surface area contributed by atoms with E-state index in [4.69, 9.17) is 4.74 Å². The Morgan fingerprint density at radius 2 is 2.14 bits per heavy atom. The number of fused-ring (bicyclic) bond motifs is 1. The lowest BCUT2D eigenvalue weighted by Gasteiger charge is -2.36. The number of Topliss-reactive ketones (excluding diaryl/α,β-unsaturated/α-hetero) is 1. The van der Waals surface area contributed by atoms with Gasteiger partial charge in [-0.1, -0.05) is 0 Å². The molecule has 1 amide bonds. The predicted octanol–water partition coefficient (Wildman–Crippen LogP) is 0.873. The van der Waals surface area contributed by atoms with Crippen LogP contribution in [0.4, 0.5) is 0 Å². The molecule has 6 nitrogen and oxygen atoms in total. The summed E-state index contributed by atoms with van der Waals surface area (Å²) in [4.78, 5) is 26.9. The van der Waals surface area contributed by atoms with Crippen LogP contribution < -0.4 is 0 Å². The molecule has 2 aliphatic heterocycles. The van der Waals surface area contributed by atoms with E-state index in [2.05, 4.69) is 5.10 Å². The van der Waals surface area contributed by atoms with Crippen molar-refractivity contribution in [3.05, 3.63) is 17.0 Å². The molecule has 0 saturated carbocycles. The van der Waals surface area contributed by atoms with Gasteiger partial charge in [-0.3, -0.25) is 14.3 Å². The van der Waals surface area contributed by atoms with Crippen molar-refractivity contribution in [2.24, 2.45) is 7.05 Å². The van der Waals surface area contributed by atoms with Crippen LogP contribution in [0.2, 0.25) is 0 Å². The van der Waals surface area contributed by atoms with Gasteiger partial charge in [0.25, 0.3) is 5.91 Å². The summed E-state index contributed by atoms with van der Waals surface area (Å²) >= 11 is 0. The fourth-order valence-electron chi connectivity index (χ4n) is 4.07. The average Bonchev–Trinajstić information content (AvgIpc) is 3.20. The normalized spacial score (nSPS) is 27.7. The number of likely N-dealkylation sites (tertiary alicyclic amines) is 1. The largest absolute Gasteiger partial charge is 0.367 e. The van der Waals surface area contributed by atoms with E-state index >= 15 is 0 Å². The van der Waals surface area contributed by atoms with Crippen LogP contribution in [0.5, 0.6) is 0 Å². The molecular formula is C16H21N3O3. The van der Waals surface area contributed by atoms with Gasteiger partial charge in [-0.05, 0) is 32.1 Å². The molecule has 1 atom stereocenters. The third-order valence-corrected chi connectivity index (χ3v) is 5.34. The highest BCUT2D eigenvalue weighted by Crippen LogP contribution is 2.34. The standard InChI is InChI=1S/C16H21N3O3/c1-18-12-5-2-4-11(12)14(17-18)15(21)19-8-7-16(13(20)10-19)6-3-9-22-16/h2-10H2,1H3/t16-/m1/s1. The predicted molar refractivity (Wildman–Crippen MR) is 78.7 cm³/mol. The van der Waals surface area contributed by atoms with Gasteiger partial charge in [0.2, 0.25) is 0 Å². The highest BCUT2D eigenvalue weighted by Gasteiger charge is 2.47. The van der Waals surface area contributed by atoms with Gasteiger partial charge in [0.05, 0.1) is 6.54 Å². The zero-order chi connectivity index (χ0) is 15.3. The van der Waals surface area contributed by atoms with Crippen molar-refractivity contribution in [3.63, 3.8) is 0 Å². The van der Waals surface area contributed by atoms with Gasteiger partial charge < -0.3 is 9.64 Å². The van der Waals surface area contributed by atoms with Gasteiger partial charge in [0.15, 0.2) is 11.5 Å². The summed E-state index contributed by atoms with van der Waals surface area (Å²) in [6, 6.07) is 0. The monoisotopic (exact) mass is 303 g/mol. The van der Waals surface area contributed by atoms with Crippen LogP contribution in [0.25, 0.3) is 0 Å². The minimum atomic E-state index is -0.608. The first-order chi connectivity index (χ1) is 10.6. The minimum Gasteiger partial charge on any atom is -0.367 e. The molecule has 1 aromatic rings. The van der Waals surface area contributed by atoms with E-state index in [1.54, 1.807) is 4.90 Å². The van der Waals surface area contributed by atoms with Crippen molar-refractivity contribution in [1.82, 2.24) is 14.7 Å². The molecule has 0 bridgehead atoms. The summed E-state index contributed by atoms with van der Waals surface area (Å²) < 4.78 is 7.52.